The summed E-state index contributed by atoms with van der Waals surface area (Å²) in [6, 6.07) is -0.520. The Kier molecular flexibility index (Phi) is 5.20. The van der Waals surface area contributed by atoms with E-state index in [1.54, 1.807) is 0 Å². The van der Waals surface area contributed by atoms with E-state index in [4.69, 9.17) is 0 Å². The molecule has 2 N–H and O–H groups in total. The third-order valence-electron chi connectivity index (χ3n) is 1.88. The van der Waals surface area contributed by atoms with Crippen molar-refractivity contribution in [3.63, 3.8) is 0 Å². The van der Waals surface area contributed by atoms with Crippen molar-refractivity contribution in [1.29, 1.82) is 0 Å². The quantitative estimate of drug-likeness (QED) is 0.564. The largest absolute Gasteiger partial charge is 0.468 e. The topological polar surface area (TPSA) is 58.6 Å². The van der Waals surface area contributed by atoms with Crippen LogP contribution >= 0.6 is 12.4 Å². The van der Waals surface area contributed by atoms with E-state index >= 15 is 0 Å². The van der Waals surface area contributed by atoms with Crippen LogP contribution in [0.15, 0.2) is 0 Å². The average Bonchev–Trinajstić information content (AvgIpc) is 2.04. The number of methoxy groups -OCH3 is 1. The van der Waals surface area contributed by atoms with E-state index in [-0.39, 0.29) is 18.4 Å². The van der Waals surface area contributed by atoms with E-state index in [0.29, 0.717) is 6.42 Å². The summed E-state index contributed by atoms with van der Waals surface area (Å²) in [5.74, 6) is -0.378. The molecule has 1 fully saturated rings. The number of halogens is 1. The molecule has 72 valence electrons. The number of hydrogen-bond acceptors (Lipinski definition) is 4. The normalized spacial score (nSPS) is 28.8. The van der Waals surface area contributed by atoms with Crippen LogP contribution in [0.1, 0.15) is 12.8 Å². The lowest BCUT2D eigenvalue weighted by Gasteiger charge is -2.26. The molecule has 12 heavy (non-hydrogen) atoms. The molecule has 0 amide bonds. The van der Waals surface area contributed by atoms with Crippen LogP contribution in [-0.2, 0) is 9.53 Å². The molecule has 1 aliphatic rings. The van der Waals surface area contributed by atoms with Crippen LogP contribution in [-0.4, -0.2) is 36.9 Å². The monoisotopic (exact) mass is 195 g/mol. The zero-order valence-electron chi connectivity index (χ0n) is 6.95. The van der Waals surface area contributed by atoms with Crippen molar-refractivity contribution in [2.45, 2.75) is 25.0 Å². The molecule has 5 heteroatoms. The highest BCUT2D eigenvalue weighted by molar-refractivity contribution is 5.85. The van der Waals surface area contributed by atoms with Crippen LogP contribution in [0.25, 0.3) is 0 Å². The molecule has 0 aromatic rings. The fraction of sp³-hybridized carbons (Fsp3) is 0.857. The van der Waals surface area contributed by atoms with Gasteiger partial charge in [-0.3, -0.25) is 4.79 Å². The zero-order chi connectivity index (χ0) is 8.27. The highest BCUT2D eigenvalue weighted by Gasteiger charge is 2.29. The fourth-order valence-electron chi connectivity index (χ4n) is 1.24. The fourth-order valence-corrected chi connectivity index (χ4v) is 1.24. The number of nitrogens with one attached hydrogen (secondary N) is 1. The van der Waals surface area contributed by atoms with E-state index in [1.165, 1.54) is 7.11 Å². The standard InChI is InChI=1S/C7H13NO3.ClH/c1-11-7(10)6-5(9)3-2-4-8-6;/h5-6,8-9H,2-4H2,1H3;1H/t5-,6+;/m1./s1. The molecule has 0 bridgehead atoms. The van der Waals surface area contributed by atoms with Gasteiger partial charge in [-0.05, 0) is 19.4 Å². The Bertz CT molecular complexity index is 154. The van der Waals surface area contributed by atoms with Crippen molar-refractivity contribution in [2.75, 3.05) is 13.7 Å². The predicted octanol–water partition coefficient (Wildman–Crippen LogP) is -0.306. The van der Waals surface area contributed by atoms with Crippen LogP contribution in [0.2, 0.25) is 0 Å². The lowest BCUT2D eigenvalue weighted by atomic mass is 10.0. The van der Waals surface area contributed by atoms with Crippen LogP contribution in [0.4, 0.5) is 0 Å². The summed E-state index contributed by atoms with van der Waals surface area (Å²) in [6.07, 6.45) is 0.998. The Morgan fingerprint density at radius 1 is 1.67 bits per heavy atom. The second-order valence-corrected chi connectivity index (χ2v) is 2.66. The molecule has 0 aromatic carbocycles. The number of esters is 1. The summed E-state index contributed by atoms with van der Waals surface area (Å²) >= 11 is 0. The lowest BCUT2D eigenvalue weighted by Crippen LogP contribution is -2.50. The van der Waals surface area contributed by atoms with Crippen molar-refractivity contribution in [3.8, 4) is 0 Å². The van der Waals surface area contributed by atoms with Crippen LogP contribution in [0.5, 0.6) is 0 Å². The molecule has 1 saturated heterocycles. The molecule has 4 nitrogen and oxygen atoms in total. The number of piperidine rings is 1. The molecular formula is C7H14ClNO3. The summed E-state index contributed by atoms with van der Waals surface area (Å²) in [4.78, 5) is 10.9. The van der Waals surface area contributed by atoms with E-state index < -0.39 is 12.1 Å². The second kappa shape index (κ2) is 5.35. The lowest BCUT2D eigenvalue weighted by molar-refractivity contribution is -0.147. The minimum Gasteiger partial charge on any atom is -0.468 e. The maximum atomic E-state index is 10.9. The Balaban J connectivity index is 0.00000121. The summed E-state index contributed by atoms with van der Waals surface area (Å²) in [7, 11) is 1.32. The molecule has 0 aliphatic carbocycles. The van der Waals surface area contributed by atoms with Gasteiger partial charge < -0.3 is 15.2 Å². The minimum atomic E-state index is -0.587. The molecule has 1 rings (SSSR count). The van der Waals surface area contributed by atoms with E-state index in [2.05, 4.69) is 10.1 Å². The predicted molar refractivity (Wildman–Crippen MR) is 46.3 cm³/mol. The Labute approximate surface area is 77.7 Å². The van der Waals surface area contributed by atoms with Crippen molar-refractivity contribution in [3.05, 3.63) is 0 Å². The maximum absolute atomic E-state index is 10.9. The Hall–Kier alpha value is -0.320. The van der Waals surface area contributed by atoms with Crippen molar-refractivity contribution < 1.29 is 14.6 Å². The molecule has 1 aliphatic heterocycles. The van der Waals surface area contributed by atoms with Crippen LogP contribution in [0.3, 0.4) is 0 Å². The van der Waals surface area contributed by atoms with Gasteiger partial charge in [-0.2, -0.15) is 0 Å². The first-order valence-corrected chi connectivity index (χ1v) is 3.75. The van der Waals surface area contributed by atoms with E-state index in [0.717, 1.165) is 13.0 Å². The van der Waals surface area contributed by atoms with Gasteiger partial charge in [-0.15, -0.1) is 12.4 Å². The third kappa shape index (κ3) is 2.62. The van der Waals surface area contributed by atoms with Gasteiger partial charge in [-0.25, -0.2) is 0 Å². The number of aliphatic hydroxyl groups is 1. The molecule has 0 spiro atoms. The number of hydrogen-bond donors (Lipinski definition) is 2. The number of aliphatic hydroxyl groups excluding tert-OH is 1. The first-order valence-electron chi connectivity index (χ1n) is 3.75. The second-order valence-electron chi connectivity index (χ2n) is 2.66. The van der Waals surface area contributed by atoms with Crippen molar-refractivity contribution in [2.24, 2.45) is 0 Å². The molecule has 2 atom stereocenters. The highest BCUT2D eigenvalue weighted by atomic mass is 35.5. The van der Waals surface area contributed by atoms with E-state index in [9.17, 15) is 9.90 Å². The number of rotatable bonds is 1. The van der Waals surface area contributed by atoms with Gasteiger partial charge in [0.1, 0.15) is 6.04 Å². The van der Waals surface area contributed by atoms with Gasteiger partial charge >= 0.3 is 5.97 Å². The number of carbonyl (C=O) groups is 1. The molecular weight excluding hydrogens is 182 g/mol. The molecule has 0 saturated carbocycles. The van der Waals surface area contributed by atoms with Gasteiger partial charge in [0.25, 0.3) is 0 Å². The summed E-state index contributed by atoms with van der Waals surface area (Å²) in [5, 5.41) is 12.2. The number of ether oxygens (including phenoxy) is 1. The van der Waals surface area contributed by atoms with Gasteiger partial charge in [-0.1, -0.05) is 0 Å². The Morgan fingerprint density at radius 2 is 2.33 bits per heavy atom. The molecule has 0 unspecified atom stereocenters. The smallest absolute Gasteiger partial charge is 0.325 e. The van der Waals surface area contributed by atoms with Crippen LogP contribution < -0.4 is 5.32 Å². The van der Waals surface area contributed by atoms with Gasteiger partial charge in [0.05, 0.1) is 13.2 Å². The number of carbonyl (C=O) groups excluding carboxylic acids is 1. The summed E-state index contributed by atoms with van der Waals surface area (Å²) in [5.41, 5.74) is 0. The van der Waals surface area contributed by atoms with Gasteiger partial charge in [0.15, 0.2) is 0 Å². The van der Waals surface area contributed by atoms with Crippen LogP contribution in [0, 0.1) is 0 Å². The van der Waals surface area contributed by atoms with Gasteiger partial charge in [0, 0.05) is 0 Å². The van der Waals surface area contributed by atoms with Crippen molar-refractivity contribution in [1.82, 2.24) is 5.32 Å². The molecule has 0 aromatic heterocycles. The summed E-state index contributed by atoms with van der Waals surface area (Å²) < 4.78 is 4.50. The van der Waals surface area contributed by atoms with Gasteiger partial charge in [0.2, 0.25) is 0 Å². The first kappa shape index (κ1) is 11.7. The SMILES string of the molecule is COC(=O)[C@H]1NCCC[C@H]1O.Cl. The van der Waals surface area contributed by atoms with Crippen molar-refractivity contribution >= 4 is 18.4 Å². The zero-order valence-corrected chi connectivity index (χ0v) is 7.76. The maximum Gasteiger partial charge on any atom is 0.325 e. The highest BCUT2D eigenvalue weighted by Crippen LogP contribution is 2.08. The van der Waals surface area contributed by atoms with E-state index in [1.807, 2.05) is 0 Å². The molecule has 0 radical (unpaired) electrons. The average molecular weight is 196 g/mol. The minimum absolute atomic E-state index is 0. The first-order chi connectivity index (χ1) is 5.25. The third-order valence-corrected chi connectivity index (χ3v) is 1.88. The summed E-state index contributed by atoms with van der Waals surface area (Å²) in [6.45, 7) is 0.775. The molecule has 1 heterocycles. The Morgan fingerprint density at radius 3 is 2.83 bits per heavy atom.